The summed E-state index contributed by atoms with van der Waals surface area (Å²) in [6.07, 6.45) is 0.369. The van der Waals surface area contributed by atoms with Gasteiger partial charge in [-0.05, 0) is 35.4 Å². The predicted molar refractivity (Wildman–Crippen MR) is 98.5 cm³/mol. The van der Waals surface area contributed by atoms with Crippen LogP contribution in [0.25, 0.3) is 0 Å². The van der Waals surface area contributed by atoms with Crippen LogP contribution in [0, 0.1) is 0 Å². The van der Waals surface area contributed by atoms with E-state index in [1.54, 1.807) is 30.3 Å². The Kier molecular flexibility index (Phi) is 4.05. The summed E-state index contributed by atoms with van der Waals surface area (Å²) in [5.74, 6) is 0.541. The molecule has 3 N–H and O–H groups in total. The fraction of sp³-hybridized carbons (Fsp3) is 0.182. The van der Waals surface area contributed by atoms with Crippen molar-refractivity contribution in [2.24, 2.45) is 0 Å². The largest absolute Gasteiger partial charge is 0.508 e. The van der Waals surface area contributed by atoms with Crippen molar-refractivity contribution >= 4 is 0 Å². The van der Waals surface area contributed by atoms with E-state index in [0.717, 1.165) is 11.1 Å². The molecule has 0 fully saturated rings. The summed E-state index contributed by atoms with van der Waals surface area (Å²) in [6.45, 7) is 0.315. The van der Waals surface area contributed by atoms with Gasteiger partial charge in [0.1, 0.15) is 22.8 Å². The second-order valence-electron chi connectivity index (χ2n) is 6.72. The molecule has 1 aliphatic heterocycles. The second kappa shape index (κ2) is 6.39. The highest BCUT2D eigenvalue weighted by Gasteiger charge is 2.45. The third kappa shape index (κ3) is 2.89. The highest BCUT2D eigenvalue weighted by atomic mass is 16.5. The summed E-state index contributed by atoms with van der Waals surface area (Å²) in [5.41, 5.74) is 1.36. The van der Waals surface area contributed by atoms with Gasteiger partial charge in [0.25, 0.3) is 0 Å². The van der Waals surface area contributed by atoms with Gasteiger partial charge < -0.3 is 20.1 Å². The molecule has 0 spiro atoms. The Morgan fingerprint density at radius 2 is 1.58 bits per heavy atom. The quantitative estimate of drug-likeness (QED) is 0.675. The van der Waals surface area contributed by atoms with Crippen molar-refractivity contribution in [2.45, 2.75) is 17.9 Å². The summed E-state index contributed by atoms with van der Waals surface area (Å²) < 4.78 is 5.86. The molecule has 0 saturated carbocycles. The van der Waals surface area contributed by atoms with Crippen molar-refractivity contribution in [3.8, 4) is 17.2 Å². The molecule has 2 atom stereocenters. The number of rotatable bonds is 3. The number of ether oxygens (including phenoxy) is 1. The Hall–Kier alpha value is -2.98. The van der Waals surface area contributed by atoms with Crippen LogP contribution in [0.5, 0.6) is 17.2 Å². The van der Waals surface area contributed by atoms with Gasteiger partial charge in [0.2, 0.25) is 0 Å². The van der Waals surface area contributed by atoms with Gasteiger partial charge >= 0.3 is 0 Å². The molecule has 4 heteroatoms. The monoisotopic (exact) mass is 348 g/mol. The lowest BCUT2D eigenvalue weighted by Crippen LogP contribution is -2.42. The van der Waals surface area contributed by atoms with Crippen molar-refractivity contribution in [1.82, 2.24) is 0 Å². The van der Waals surface area contributed by atoms with Crippen LogP contribution in [0.1, 0.15) is 22.6 Å². The van der Waals surface area contributed by atoms with Crippen molar-refractivity contribution in [3.05, 3.63) is 89.5 Å². The molecule has 3 aromatic rings. The third-order valence-corrected chi connectivity index (χ3v) is 5.03. The number of aromatic hydroxyl groups is 2. The standard InChI is InChI=1S/C22H20O4/c23-17-8-6-15(7-9-17)13-22(25)19-11-10-18(24)12-21(19)26-14-20(22)16-4-2-1-3-5-16/h1-12,20,23-25H,13-14H2. The van der Waals surface area contributed by atoms with E-state index in [1.807, 2.05) is 42.5 Å². The molecule has 0 saturated heterocycles. The highest BCUT2D eigenvalue weighted by Crippen LogP contribution is 2.48. The number of aliphatic hydroxyl groups is 1. The molecule has 0 aromatic heterocycles. The Balaban J connectivity index is 1.82. The Labute approximate surface area is 151 Å². The van der Waals surface area contributed by atoms with Crippen LogP contribution in [0.3, 0.4) is 0 Å². The van der Waals surface area contributed by atoms with Gasteiger partial charge in [0.15, 0.2) is 0 Å². The van der Waals surface area contributed by atoms with E-state index in [1.165, 1.54) is 0 Å². The summed E-state index contributed by atoms with van der Waals surface area (Å²) >= 11 is 0. The number of benzene rings is 3. The van der Waals surface area contributed by atoms with E-state index < -0.39 is 5.60 Å². The number of hydrogen-bond donors (Lipinski definition) is 3. The average Bonchev–Trinajstić information content (AvgIpc) is 2.64. The van der Waals surface area contributed by atoms with Gasteiger partial charge in [-0.25, -0.2) is 0 Å². The normalized spacial score (nSPS) is 21.7. The topological polar surface area (TPSA) is 69.9 Å². The minimum absolute atomic E-state index is 0.105. The maximum absolute atomic E-state index is 11.8. The Bertz CT molecular complexity index is 905. The van der Waals surface area contributed by atoms with E-state index in [9.17, 15) is 15.3 Å². The van der Waals surface area contributed by atoms with Crippen LogP contribution in [0.4, 0.5) is 0 Å². The van der Waals surface area contributed by atoms with Gasteiger partial charge in [0, 0.05) is 18.1 Å². The molecule has 4 nitrogen and oxygen atoms in total. The third-order valence-electron chi connectivity index (χ3n) is 5.03. The van der Waals surface area contributed by atoms with Crippen LogP contribution in [-0.4, -0.2) is 21.9 Å². The molecule has 1 aliphatic rings. The minimum Gasteiger partial charge on any atom is -0.508 e. The van der Waals surface area contributed by atoms with E-state index in [0.29, 0.717) is 24.3 Å². The molecule has 2 unspecified atom stereocenters. The first-order valence-corrected chi connectivity index (χ1v) is 8.58. The van der Waals surface area contributed by atoms with Gasteiger partial charge in [-0.1, -0.05) is 42.5 Å². The molecular formula is C22H20O4. The lowest BCUT2D eigenvalue weighted by molar-refractivity contribution is -0.0256. The predicted octanol–water partition coefficient (Wildman–Crippen LogP) is 3.70. The summed E-state index contributed by atoms with van der Waals surface area (Å²) in [6, 6.07) is 21.5. The zero-order valence-corrected chi connectivity index (χ0v) is 14.2. The smallest absolute Gasteiger partial charge is 0.129 e. The fourth-order valence-corrected chi connectivity index (χ4v) is 3.69. The lowest BCUT2D eigenvalue weighted by Gasteiger charge is -2.41. The van der Waals surface area contributed by atoms with E-state index in [2.05, 4.69) is 0 Å². The summed E-state index contributed by atoms with van der Waals surface area (Å²) in [5, 5.41) is 31.1. The summed E-state index contributed by atoms with van der Waals surface area (Å²) in [7, 11) is 0. The zero-order valence-electron chi connectivity index (χ0n) is 14.2. The van der Waals surface area contributed by atoms with Gasteiger partial charge in [-0.2, -0.15) is 0 Å². The molecule has 3 aromatic carbocycles. The number of phenols is 2. The average molecular weight is 348 g/mol. The minimum atomic E-state index is -1.19. The number of hydrogen-bond acceptors (Lipinski definition) is 4. The maximum Gasteiger partial charge on any atom is 0.129 e. The lowest BCUT2D eigenvalue weighted by atomic mass is 9.72. The van der Waals surface area contributed by atoms with Crippen molar-refractivity contribution in [1.29, 1.82) is 0 Å². The van der Waals surface area contributed by atoms with Crippen LogP contribution < -0.4 is 4.74 Å². The van der Waals surface area contributed by atoms with Crippen LogP contribution >= 0.6 is 0 Å². The van der Waals surface area contributed by atoms with Gasteiger partial charge in [-0.3, -0.25) is 0 Å². The van der Waals surface area contributed by atoms with Crippen molar-refractivity contribution in [3.63, 3.8) is 0 Å². The van der Waals surface area contributed by atoms with E-state index in [4.69, 9.17) is 4.74 Å². The molecule has 1 heterocycles. The first kappa shape index (κ1) is 16.5. The zero-order chi connectivity index (χ0) is 18.1. The molecule has 0 bridgehead atoms. The van der Waals surface area contributed by atoms with Crippen molar-refractivity contribution < 1.29 is 20.1 Å². The van der Waals surface area contributed by atoms with E-state index in [-0.39, 0.29) is 17.4 Å². The van der Waals surface area contributed by atoms with Gasteiger partial charge in [-0.15, -0.1) is 0 Å². The van der Waals surface area contributed by atoms with Gasteiger partial charge in [0.05, 0.1) is 12.5 Å². The fourth-order valence-electron chi connectivity index (χ4n) is 3.69. The Morgan fingerprint density at radius 3 is 2.31 bits per heavy atom. The number of phenolic OH excluding ortho intramolecular Hbond substituents is 2. The molecular weight excluding hydrogens is 328 g/mol. The molecule has 4 rings (SSSR count). The second-order valence-corrected chi connectivity index (χ2v) is 6.72. The first-order valence-electron chi connectivity index (χ1n) is 8.58. The van der Waals surface area contributed by atoms with E-state index >= 15 is 0 Å². The maximum atomic E-state index is 11.8. The molecule has 0 aliphatic carbocycles. The SMILES string of the molecule is Oc1ccc(CC2(O)c3ccc(O)cc3OCC2c2ccccc2)cc1. The van der Waals surface area contributed by atoms with Crippen LogP contribution in [-0.2, 0) is 12.0 Å². The van der Waals surface area contributed by atoms with Crippen LogP contribution in [0.2, 0.25) is 0 Å². The highest BCUT2D eigenvalue weighted by molar-refractivity contribution is 5.48. The summed E-state index contributed by atoms with van der Waals surface area (Å²) in [4.78, 5) is 0. The molecule has 132 valence electrons. The first-order chi connectivity index (χ1) is 12.6. The Morgan fingerprint density at radius 1 is 0.885 bits per heavy atom. The molecule has 0 radical (unpaired) electrons. The van der Waals surface area contributed by atoms with Crippen LogP contribution in [0.15, 0.2) is 72.8 Å². The number of fused-ring (bicyclic) bond motifs is 1. The van der Waals surface area contributed by atoms with Crippen molar-refractivity contribution in [2.75, 3.05) is 6.61 Å². The molecule has 0 amide bonds. The molecule has 26 heavy (non-hydrogen) atoms.